The van der Waals surface area contributed by atoms with Crippen LogP contribution < -0.4 is 9.62 Å². The number of hydrogen-bond acceptors (Lipinski definition) is 5. The average molecular weight is 463 g/mol. The molecule has 7 nitrogen and oxygen atoms in total. The molecule has 0 saturated heterocycles. The van der Waals surface area contributed by atoms with Crippen LogP contribution in [0.3, 0.4) is 0 Å². The maximum absolute atomic E-state index is 13.4. The van der Waals surface area contributed by atoms with Gasteiger partial charge in [-0.25, -0.2) is 21.2 Å². The van der Waals surface area contributed by atoms with Crippen LogP contribution in [0.25, 0.3) is 0 Å². The van der Waals surface area contributed by atoms with Crippen molar-refractivity contribution in [3.63, 3.8) is 0 Å². The predicted octanol–water partition coefficient (Wildman–Crippen LogP) is 2.53. The zero-order chi connectivity index (χ0) is 22.0. The van der Waals surface area contributed by atoms with E-state index in [1.807, 2.05) is 0 Å². The first-order valence-corrected chi connectivity index (χ1v) is 12.4. The van der Waals surface area contributed by atoms with Crippen molar-refractivity contribution < 1.29 is 26.0 Å². The number of rotatable bonds is 7. The largest absolute Gasteiger partial charge is 0.348 e. The smallest absolute Gasteiger partial charge is 0.241 e. The van der Waals surface area contributed by atoms with Crippen LogP contribution in [0.15, 0.2) is 47.4 Å². The van der Waals surface area contributed by atoms with Crippen LogP contribution in [0.1, 0.15) is 18.5 Å². The third-order valence-corrected chi connectivity index (χ3v) is 6.62. The molecule has 0 fully saturated rings. The van der Waals surface area contributed by atoms with Crippen LogP contribution in [-0.4, -0.2) is 41.8 Å². The Morgan fingerprint density at radius 2 is 1.69 bits per heavy atom. The van der Waals surface area contributed by atoms with Gasteiger partial charge in [0.1, 0.15) is 12.4 Å². The average Bonchev–Trinajstić information content (AvgIpc) is 2.60. The fraction of sp³-hybridized carbons (Fsp3) is 0.278. The van der Waals surface area contributed by atoms with Gasteiger partial charge in [0.15, 0.2) is 9.84 Å². The highest BCUT2D eigenvalue weighted by molar-refractivity contribution is 7.92. The van der Waals surface area contributed by atoms with E-state index in [0.29, 0.717) is 5.56 Å². The number of anilines is 1. The van der Waals surface area contributed by atoms with Gasteiger partial charge >= 0.3 is 0 Å². The summed E-state index contributed by atoms with van der Waals surface area (Å²) in [6.45, 7) is 1.14. The minimum absolute atomic E-state index is 0.0548. The number of carbonyl (C=O) groups excluding carboxylic acids is 1. The Labute approximate surface area is 174 Å². The van der Waals surface area contributed by atoms with Crippen molar-refractivity contribution in [2.45, 2.75) is 17.9 Å². The Balaban J connectivity index is 2.16. The summed E-state index contributed by atoms with van der Waals surface area (Å²) < 4.78 is 61.4. The first kappa shape index (κ1) is 23.1. The summed E-state index contributed by atoms with van der Waals surface area (Å²) in [4.78, 5) is 12.6. The molecule has 1 unspecified atom stereocenters. The van der Waals surface area contributed by atoms with E-state index in [1.54, 1.807) is 19.1 Å². The van der Waals surface area contributed by atoms with Crippen molar-refractivity contribution in [2.24, 2.45) is 0 Å². The van der Waals surface area contributed by atoms with Gasteiger partial charge in [0.25, 0.3) is 0 Å². The second-order valence-corrected chi connectivity index (χ2v) is 10.8. The molecule has 0 spiro atoms. The number of nitrogens with one attached hydrogen (secondary N) is 1. The molecule has 2 aromatic rings. The number of amides is 1. The minimum atomic E-state index is -3.84. The van der Waals surface area contributed by atoms with Gasteiger partial charge in [0, 0.05) is 6.26 Å². The molecule has 0 aliphatic carbocycles. The molecule has 11 heteroatoms. The molecule has 0 saturated carbocycles. The number of sulfonamides is 1. The molecule has 1 atom stereocenters. The van der Waals surface area contributed by atoms with E-state index in [9.17, 15) is 26.0 Å². The maximum Gasteiger partial charge on any atom is 0.241 e. The van der Waals surface area contributed by atoms with E-state index in [1.165, 1.54) is 18.2 Å². The van der Waals surface area contributed by atoms with Crippen LogP contribution in [-0.2, 0) is 24.7 Å². The number of halogens is 2. The Hall–Kier alpha value is -2.17. The number of nitrogens with zero attached hydrogens (tertiary/aromatic N) is 1. The van der Waals surface area contributed by atoms with Crippen molar-refractivity contribution in [1.82, 2.24) is 5.32 Å². The molecule has 0 aromatic heterocycles. The lowest BCUT2D eigenvalue weighted by atomic mass is 10.1. The van der Waals surface area contributed by atoms with Crippen molar-refractivity contribution in [2.75, 3.05) is 23.4 Å². The molecule has 0 aliphatic heterocycles. The van der Waals surface area contributed by atoms with E-state index in [2.05, 4.69) is 5.32 Å². The number of hydrogen-bond donors (Lipinski definition) is 1. The van der Waals surface area contributed by atoms with Gasteiger partial charge in [-0.15, -0.1) is 0 Å². The zero-order valence-corrected chi connectivity index (χ0v) is 18.3. The first-order valence-electron chi connectivity index (χ1n) is 8.31. The summed E-state index contributed by atoms with van der Waals surface area (Å²) in [7, 11) is -7.18. The minimum Gasteiger partial charge on any atom is -0.348 e. The highest BCUT2D eigenvalue weighted by atomic mass is 35.5. The monoisotopic (exact) mass is 462 g/mol. The van der Waals surface area contributed by atoms with Crippen molar-refractivity contribution in [3.8, 4) is 0 Å². The lowest BCUT2D eigenvalue weighted by Crippen LogP contribution is -2.41. The first-order chi connectivity index (χ1) is 13.3. The summed E-state index contributed by atoms with van der Waals surface area (Å²) in [5, 5.41) is 2.38. The van der Waals surface area contributed by atoms with E-state index < -0.39 is 44.2 Å². The van der Waals surface area contributed by atoms with Gasteiger partial charge in [-0.3, -0.25) is 9.10 Å². The summed E-state index contributed by atoms with van der Waals surface area (Å²) in [6.07, 6.45) is 2.01. The normalized spacial score (nSPS) is 13.0. The SMILES string of the molecule is CC(NC(=O)CN(c1ccc(F)c(Cl)c1)S(C)(=O)=O)c1ccc(S(C)(=O)=O)cc1. The molecule has 1 amide bonds. The Morgan fingerprint density at radius 1 is 1.10 bits per heavy atom. The molecule has 1 N–H and O–H groups in total. The molecule has 2 aromatic carbocycles. The predicted molar refractivity (Wildman–Crippen MR) is 110 cm³/mol. The molecular weight excluding hydrogens is 443 g/mol. The van der Waals surface area contributed by atoms with Gasteiger partial charge in [-0.05, 0) is 42.8 Å². The van der Waals surface area contributed by atoms with Crippen LogP contribution in [0.4, 0.5) is 10.1 Å². The fourth-order valence-electron chi connectivity index (χ4n) is 2.54. The highest BCUT2D eigenvalue weighted by Crippen LogP contribution is 2.24. The molecule has 0 radical (unpaired) electrons. The van der Waals surface area contributed by atoms with Gasteiger partial charge < -0.3 is 5.32 Å². The van der Waals surface area contributed by atoms with Crippen molar-refractivity contribution in [1.29, 1.82) is 0 Å². The second-order valence-electron chi connectivity index (χ2n) is 6.50. The van der Waals surface area contributed by atoms with Crippen LogP contribution in [0, 0.1) is 5.82 Å². The summed E-state index contributed by atoms with van der Waals surface area (Å²) in [6, 6.07) is 8.83. The van der Waals surface area contributed by atoms with E-state index >= 15 is 0 Å². The number of carbonyl (C=O) groups is 1. The molecular formula is C18H20ClFN2O5S2. The van der Waals surface area contributed by atoms with Crippen LogP contribution >= 0.6 is 11.6 Å². The standard InChI is InChI=1S/C18H20ClFN2O5S2/c1-12(13-4-7-15(8-5-13)28(2,24)25)21-18(23)11-22(29(3,26)27)14-6-9-17(20)16(19)10-14/h4-10,12H,11H2,1-3H3,(H,21,23). The topological polar surface area (TPSA) is 101 Å². The van der Waals surface area contributed by atoms with Crippen LogP contribution in [0.2, 0.25) is 5.02 Å². The Kier molecular flexibility index (Phi) is 6.92. The van der Waals surface area contributed by atoms with E-state index in [4.69, 9.17) is 11.6 Å². The number of benzene rings is 2. The maximum atomic E-state index is 13.4. The lowest BCUT2D eigenvalue weighted by molar-refractivity contribution is -0.120. The summed E-state index contributed by atoms with van der Waals surface area (Å²) >= 11 is 5.71. The molecule has 0 bridgehead atoms. The Bertz CT molecular complexity index is 1120. The fourth-order valence-corrected chi connectivity index (χ4v) is 4.20. The molecule has 2 rings (SSSR count). The van der Waals surface area contributed by atoms with Crippen LogP contribution in [0.5, 0.6) is 0 Å². The summed E-state index contributed by atoms with van der Waals surface area (Å²) in [5.74, 6) is -1.31. The molecule has 0 aliphatic rings. The third kappa shape index (κ3) is 6.15. The van der Waals surface area contributed by atoms with Gasteiger partial charge in [0.05, 0.1) is 27.9 Å². The van der Waals surface area contributed by atoms with Gasteiger partial charge in [0.2, 0.25) is 15.9 Å². The van der Waals surface area contributed by atoms with Crippen molar-refractivity contribution in [3.05, 3.63) is 58.9 Å². The molecule has 158 valence electrons. The van der Waals surface area contributed by atoms with Crippen molar-refractivity contribution >= 4 is 43.1 Å². The lowest BCUT2D eigenvalue weighted by Gasteiger charge is -2.23. The zero-order valence-electron chi connectivity index (χ0n) is 15.9. The second kappa shape index (κ2) is 8.68. The van der Waals surface area contributed by atoms with Gasteiger partial charge in [-0.2, -0.15) is 0 Å². The number of sulfone groups is 1. The third-order valence-electron chi connectivity index (χ3n) is 4.06. The molecule has 0 heterocycles. The highest BCUT2D eigenvalue weighted by Gasteiger charge is 2.23. The Morgan fingerprint density at radius 3 is 2.17 bits per heavy atom. The summed E-state index contributed by atoms with van der Waals surface area (Å²) in [5.41, 5.74) is 0.695. The van der Waals surface area contributed by atoms with E-state index in [-0.39, 0.29) is 15.6 Å². The van der Waals surface area contributed by atoms with Gasteiger partial charge in [-0.1, -0.05) is 23.7 Å². The van der Waals surface area contributed by atoms with E-state index in [0.717, 1.165) is 28.9 Å². The quantitative estimate of drug-likeness (QED) is 0.681. The molecule has 29 heavy (non-hydrogen) atoms.